The Labute approximate surface area is 173 Å². The number of carbonyl (C=O) groups is 1. The maximum Gasteiger partial charge on any atom is 0.227 e. The van der Waals surface area contributed by atoms with E-state index in [4.69, 9.17) is 4.74 Å². The van der Waals surface area contributed by atoms with E-state index in [1.165, 1.54) is 12.1 Å². The number of ether oxygens (including phenoxy) is 1. The van der Waals surface area contributed by atoms with Gasteiger partial charge in [0.25, 0.3) is 0 Å². The molecule has 30 heavy (non-hydrogen) atoms. The third-order valence-electron chi connectivity index (χ3n) is 4.85. The summed E-state index contributed by atoms with van der Waals surface area (Å²) in [5, 5.41) is 12.4. The van der Waals surface area contributed by atoms with Crippen molar-refractivity contribution < 1.29 is 13.9 Å². The lowest BCUT2D eigenvalue weighted by Crippen LogP contribution is -2.07. The number of benzene rings is 2. The van der Waals surface area contributed by atoms with E-state index in [-0.39, 0.29) is 18.2 Å². The normalized spacial score (nSPS) is 13.1. The molecule has 0 spiro atoms. The quantitative estimate of drug-likeness (QED) is 0.622. The molecule has 0 saturated heterocycles. The third kappa shape index (κ3) is 4.61. The van der Waals surface area contributed by atoms with E-state index < -0.39 is 0 Å². The van der Waals surface area contributed by atoms with Crippen LogP contribution in [0.15, 0.2) is 48.7 Å². The van der Waals surface area contributed by atoms with E-state index in [0.29, 0.717) is 34.9 Å². The second kappa shape index (κ2) is 8.70. The second-order valence-corrected chi connectivity index (χ2v) is 7.08. The monoisotopic (exact) mass is 402 g/mol. The molecule has 1 aliphatic rings. The number of fused-ring (bicyclic) bond motifs is 1. The topological polar surface area (TPSA) is 87.9 Å². The molecule has 0 bridgehead atoms. The lowest BCUT2D eigenvalue weighted by molar-refractivity contribution is 0.0981. The van der Waals surface area contributed by atoms with Gasteiger partial charge < -0.3 is 10.1 Å². The summed E-state index contributed by atoms with van der Waals surface area (Å²) in [4.78, 5) is 20.9. The van der Waals surface area contributed by atoms with Gasteiger partial charge in [0.1, 0.15) is 18.2 Å². The maximum absolute atomic E-state index is 13.0. The molecule has 4 rings (SSSR count). The zero-order valence-corrected chi connectivity index (χ0v) is 16.2. The molecule has 3 aromatic rings. The van der Waals surface area contributed by atoms with Crippen molar-refractivity contribution in [3.8, 4) is 11.8 Å². The first-order valence-electron chi connectivity index (χ1n) is 9.69. The van der Waals surface area contributed by atoms with Crippen LogP contribution in [-0.4, -0.2) is 15.8 Å². The van der Waals surface area contributed by atoms with E-state index in [2.05, 4.69) is 21.4 Å². The lowest BCUT2D eigenvalue weighted by Gasteiger charge is -2.11. The van der Waals surface area contributed by atoms with Gasteiger partial charge >= 0.3 is 0 Å². The van der Waals surface area contributed by atoms with Gasteiger partial charge in [-0.15, -0.1) is 0 Å². The van der Waals surface area contributed by atoms with Crippen LogP contribution < -0.4 is 10.1 Å². The van der Waals surface area contributed by atoms with Gasteiger partial charge in [0, 0.05) is 24.4 Å². The number of hydrogen-bond donors (Lipinski definition) is 1. The number of anilines is 2. The number of nitrogens with zero attached hydrogens (tertiary/aromatic N) is 3. The molecular weight excluding hydrogens is 383 g/mol. The maximum atomic E-state index is 13.0. The SMILES string of the molecule is N#Cc1cc(Nc2ncc3c(n2)CCCCC3=O)cc(OCc2ccc(F)cc2)c1. The van der Waals surface area contributed by atoms with Gasteiger partial charge in [-0.25, -0.2) is 14.4 Å². The van der Waals surface area contributed by atoms with Crippen molar-refractivity contribution >= 4 is 17.4 Å². The van der Waals surface area contributed by atoms with Crippen LogP contribution in [-0.2, 0) is 13.0 Å². The Morgan fingerprint density at radius 1 is 1.13 bits per heavy atom. The van der Waals surface area contributed by atoms with E-state index >= 15 is 0 Å². The average Bonchev–Trinajstić information content (AvgIpc) is 2.94. The Morgan fingerprint density at radius 3 is 2.73 bits per heavy atom. The number of aryl methyl sites for hydroxylation is 1. The molecule has 6 nitrogen and oxygen atoms in total. The first kappa shape index (κ1) is 19.5. The van der Waals surface area contributed by atoms with Crippen LogP contribution in [0.4, 0.5) is 16.0 Å². The van der Waals surface area contributed by atoms with Gasteiger partial charge in [0.15, 0.2) is 5.78 Å². The third-order valence-corrected chi connectivity index (χ3v) is 4.85. The summed E-state index contributed by atoms with van der Waals surface area (Å²) in [5.41, 5.74) is 3.17. The van der Waals surface area contributed by atoms with E-state index in [1.807, 2.05) is 0 Å². The van der Waals surface area contributed by atoms with Crippen LogP contribution in [0.3, 0.4) is 0 Å². The minimum atomic E-state index is -0.306. The molecule has 0 saturated carbocycles. The van der Waals surface area contributed by atoms with Crippen LogP contribution in [0, 0.1) is 17.1 Å². The van der Waals surface area contributed by atoms with Crippen molar-refractivity contribution in [2.24, 2.45) is 0 Å². The molecule has 1 aliphatic carbocycles. The lowest BCUT2D eigenvalue weighted by atomic mass is 10.1. The first-order chi connectivity index (χ1) is 14.6. The van der Waals surface area contributed by atoms with Gasteiger partial charge in [-0.3, -0.25) is 4.79 Å². The zero-order chi connectivity index (χ0) is 20.9. The molecule has 0 aliphatic heterocycles. The van der Waals surface area contributed by atoms with Gasteiger partial charge in [-0.1, -0.05) is 12.1 Å². The summed E-state index contributed by atoms with van der Waals surface area (Å²) in [7, 11) is 0. The second-order valence-electron chi connectivity index (χ2n) is 7.08. The van der Waals surface area contributed by atoms with Crippen LogP contribution in [0.5, 0.6) is 5.75 Å². The molecule has 2 aromatic carbocycles. The number of nitriles is 1. The van der Waals surface area contributed by atoms with Crippen molar-refractivity contribution in [1.82, 2.24) is 9.97 Å². The zero-order valence-electron chi connectivity index (χ0n) is 16.2. The number of nitrogens with one attached hydrogen (secondary N) is 1. The fraction of sp³-hybridized carbons (Fsp3) is 0.217. The predicted octanol–water partition coefficient (Wildman–Crippen LogP) is 4.72. The van der Waals surface area contributed by atoms with E-state index in [1.54, 1.807) is 36.5 Å². The molecule has 1 aromatic heterocycles. The van der Waals surface area contributed by atoms with Crippen LogP contribution >= 0.6 is 0 Å². The number of Topliss-reactive ketones (excluding diaryl/α,β-unsaturated/α-hetero) is 1. The highest BCUT2D eigenvalue weighted by atomic mass is 19.1. The molecule has 150 valence electrons. The first-order valence-corrected chi connectivity index (χ1v) is 9.69. The molecule has 0 unspecified atom stereocenters. The van der Waals surface area contributed by atoms with Crippen molar-refractivity contribution in [1.29, 1.82) is 5.26 Å². The summed E-state index contributed by atoms with van der Waals surface area (Å²) in [6, 6.07) is 13.2. The number of ketones is 1. The van der Waals surface area contributed by atoms with E-state index in [0.717, 1.165) is 30.5 Å². The fourth-order valence-electron chi connectivity index (χ4n) is 3.31. The van der Waals surface area contributed by atoms with Gasteiger partial charge in [0.2, 0.25) is 5.95 Å². The summed E-state index contributed by atoms with van der Waals surface area (Å²) >= 11 is 0. The molecule has 0 radical (unpaired) electrons. The molecular formula is C23H19FN4O2. The largest absolute Gasteiger partial charge is 0.489 e. The molecule has 0 atom stereocenters. The Hall–Kier alpha value is -3.79. The van der Waals surface area contributed by atoms with Crippen LogP contribution in [0.2, 0.25) is 0 Å². The minimum absolute atomic E-state index is 0.0806. The number of halogens is 1. The summed E-state index contributed by atoms with van der Waals surface area (Å²) < 4.78 is 18.8. The minimum Gasteiger partial charge on any atom is -0.489 e. The average molecular weight is 402 g/mol. The van der Waals surface area contributed by atoms with Crippen LogP contribution in [0.1, 0.15) is 46.4 Å². The fourth-order valence-corrected chi connectivity index (χ4v) is 3.31. The number of aromatic nitrogens is 2. The molecule has 1 heterocycles. The van der Waals surface area contributed by atoms with E-state index in [9.17, 15) is 14.4 Å². The summed E-state index contributed by atoms with van der Waals surface area (Å²) in [6.07, 6.45) is 4.61. The van der Waals surface area contributed by atoms with Gasteiger partial charge in [0.05, 0.1) is 22.9 Å². The summed E-state index contributed by atoms with van der Waals surface area (Å²) in [6.45, 7) is 0.242. The standard InChI is InChI=1S/C23H19FN4O2/c24-17-7-5-15(6-8-17)14-30-19-10-16(12-25)9-18(11-19)27-23-26-13-20-21(28-23)3-1-2-4-22(20)29/h5-11,13H,1-4,14H2,(H,26,27,28). The summed E-state index contributed by atoms with van der Waals surface area (Å²) in [5.74, 6) is 0.630. The Kier molecular flexibility index (Phi) is 5.66. The van der Waals surface area contributed by atoms with Crippen molar-refractivity contribution in [2.45, 2.75) is 32.3 Å². The molecule has 7 heteroatoms. The van der Waals surface area contributed by atoms with Crippen molar-refractivity contribution in [3.05, 3.63) is 76.9 Å². The smallest absolute Gasteiger partial charge is 0.227 e. The number of rotatable bonds is 5. The highest BCUT2D eigenvalue weighted by Gasteiger charge is 2.18. The molecule has 0 fully saturated rings. The van der Waals surface area contributed by atoms with Crippen molar-refractivity contribution in [3.63, 3.8) is 0 Å². The van der Waals surface area contributed by atoms with Gasteiger partial charge in [-0.2, -0.15) is 5.26 Å². The Morgan fingerprint density at radius 2 is 1.93 bits per heavy atom. The number of hydrogen-bond acceptors (Lipinski definition) is 6. The van der Waals surface area contributed by atoms with Crippen molar-refractivity contribution in [2.75, 3.05) is 5.32 Å². The van der Waals surface area contributed by atoms with Crippen LogP contribution in [0.25, 0.3) is 0 Å². The Balaban J connectivity index is 1.53. The number of carbonyl (C=O) groups excluding carboxylic acids is 1. The highest BCUT2D eigenvalue weighted by molar-refractivity contribution is 5.97. The Bertz CT molecular complexity index is 1120. The molecule has 0 amide bonds. The molecule has 1 N–H and O–H groups in total. The highest BCUT2D eigenvalue weighted by Crippen LogP contribution is 2.25. The predicted molar refractivity (Wildman–Crippen MR) is 109 cm³/mol. The van der Waals surface area contributed by atoms with Gasteiger partial charge in [-0.05, 0) is 49.1 Å².